The second kappa shape index (κ2) is 6.75. The number of nitrogens with one attached hydrogen (secondary N) is 1. The molecule has 0 aliphatic rings. The van der Waals surface area contributed by atoms with Crippen LogP contribution in [-0.4, -0.2) is 11.1 Å². The molecule has 0 radical (unpaired) electrons. The number of halogens is 2. The lowest BCUT2D eigenvalue weighted by Gasteiger charge is -2.15. The highest BCUT2D eigenvalue weighted by molar-refractivity contribution is 9.10. The largest absolute Gasteiger partial charge is 0.508 e. The van der Waals surface area contributed by atoms with Gasteiger partial charge in [-0.2, -0.15) is 0 Å². The highest BCUT2D eigenvalue weighted by atomic mass is 79.9. The maximum absolute atomic E-state index is 13.1. The SMILES string of the molecule is CC(CCc1ccc(O)cc1)Nc1ccc(F)c(Br)c1. The fraction of sp³-hybridized carbons (Fsp3) is 0.250. The minimum absolute atomic E-state index is 0.257. The number of aryl methyl sites for hydroxylation is 1. The Morgan fingerprint density at radius 1 is 1.20 bits per heavy atom. The van der Waals surface area contributed by atoms with E-state index in [-0.39, 0.29) is 17.6 Å². The topological polar surface area (TPSA) is 32.3 Å². The van der Waals surface area contributed by atoms with Gasteiger partial charge in [0.05, 0.1) is 4.47 Å². The van der Waals surface area contributed by atoms with E-state index in [0.29, 0.717) is 4.47 Å². The van der Waals surface area contributed by atoms with Crippen LogP contribution in [0.15, 0.2) is 46.9 Å². The molecule has 1 unspecified atom stereocenters. The summed E-state index contributed by atoms with van der Waals surface area (Å²) in [5.74, 6) is 0.0309. The van der Waals surface area contributed by atoms with Crippen LogP contribution in [0.4, 0.5) is 10.1 Å². The molecule has 0 aliphatic heterocycles. The summed E-state index contributed by atoms with van der Waals surface area (Å²) in [4.78, 5) is 0. The minimum Gasteiger partial charge on any atom is -0.508 e. The molecule has 20 heavy (non-hydrogen) atoms. The van der Waals surface area contributed by atoms with Crippen molar-refractivity contribution < 1.29 is 9.50 Å². The van der Waals surface area contributed by atoms with Crippen LogP contribution < -0.4 is 5.32 Å². The summed E-state index contributed by atoms with van der Waals surface area (Å²) in [6.07, 6.45) is 1.89. The molecule has 0 bridgehead atoms. The van der Waals surface area contributed by atoms with Gasteiger partial charge in [0.2, 0.25) is 0 Å². The zero-order valence-electron chi connectivity index (χ0n) is 11.2. The summed E-state index contributed by atoms with van der Waals surface area (Å²) in [6.45, 7) is 2.09. The molecular weight excluding hydrogens is 321 g/mol. The summed E-state index contributed by atoms with van der Waals surface area (Å²) >= 11 is 3.18. The van der Waals surface area contributed by atoms with Gasteiger partial charge in [-0.3, -0.25) is 0 Å². The molecule has 0 aliphatic carbocycles. The van der Waals surface area contributed by atoms with Crippen molar-refractivity contribution in [1.82, 2.24) is 0 Å². The molecule has 0 saturated heterocycles. The van der Waals surface area contributed by atoms with Gasteiger partial charge in [0.25, 0.3) is 0 Å². The van der Waals surface area contributed by atoms with E-state index < -0.39 is 0 Å². The molecule has 2 N–H and O–H groups in total. The van der Waals surface area contributed by atoms with Crippen molar-refractivity contribution in [3.8, 4) is 5.75 Å². The van der Waals surface area contributed by atoms with Crippen molar-refractivity contribution >= 4 is 21.6 Å². The van der Waals surface area contributed by atoms with Gasteiger partial charge in [-0.25, -0.2) is 4.39 Å². The molecule has 1 atom stereocenters. The van der Waals surface area contributed by atoms with E-state index in [4.69, 9.17) is 0 Å². The first-order chi connectivity index (χ1) is 9.54. The second-order valence-electron chi connectivity index (χ2n) is 4.88. The number of hydrogen-bond acceptors (Lipinski definition) is 2. The zero-order valence-corrected chi connectivity index (χ0v) is 12.8. The van der Waals surface area contributed by atoms with Gasteiger partial charge < -0.3 is 10.4 Å². The standard InChI is InChI=1S/C16H17BrFNO/c1-11(2-3-12-4-7-14(20)8-5-12)19-13-6-9-16(18)15(17)10-13/h4-11,19-20H,2-3H2,1H3. The van der Waals surface area contributed by atoms with Crippen LogP contribution in [0.2, 0.25) is 0 Å². The molecule has 0 aromatic heterocycles. The van der Waals surface area contributed by atoms with Gasteiger partial charge in [-0.05, 0) is 71.6 Å². The van der Waals surface area contributed by atoms with Gasteiger partial charge in [0.15, 0.2) is 0 Å². The summed E-state index contributed by atoms with van der Waals surface area (Å²) < 4.78 is 13.6. The minimum atomic E-state index is -0.257. The first-order valence-electron chi connectivity index (χ1n) is 6.54. The van der Waals surface area contributed by atoms with E-state index in [1.165, 1.54) is 11.6 Å². The molecule has 0 fully saturated rings. The van der Waals surface area contributed by atoms with E-state index in [1.54, 1.807) is 24.3 Å². The van der Waals surface area contributed by atoms with E-state index in [9.17, 15) is 9.50 Å². The molecule has 0 saturated carbocycles. The average Bonchev–Trinajstić information content (AvgIpc) is 2.42. The van der Waals surface area contributed by atoms with Crippen LogP contribution in [0.3, 0.4) is 0 Å². The van der Waals surface area contributed by atoms with Crippen LogP contribution in [0, 0.1) is 5.82 Å². The molecule has 0 spiro atoms. The van der Waals surface area contributed by atoms with Crippen LogP contribution in [0.25, 0.3) is 0 Å². The van der Waals surface area contributed by atoms with Crippen molar-refractivity contribution in [1.29, 1.82) is 0 Å². The van der Waals surface area contributed by atoms with Gasteiger partial charge in [-0.15, -0.1) is 0 Å². The maximum Gasteiger partial charge on any atom is 0.137 e. The molecule has 0 heterocycles. The molecular formula is C16H17BrFNO. The Balaban J connectivity index is 1.87. The summed E-state index contributed by atoms with van der Waals surface area (Å²) in [7, 11) is 0. The van der Waals surface area contributed by atoms with Crippen molar-refractivity contribution in [2.45, 2.75) is 25.8 Å². The number of aromatic hydroxyl groups is 1. The van der Waals surface area contributed by atoms with Crippen LogP contribution >= 0.6 is 15.9 Å². The fourth-order valence-corrected chi connectivity index (χ4v) is 2.37. The lowest BCUT2D eigenvalue weighted by Crippen LogP contribution is -2.16. The summed E-state index contributed by atoms with van der Waals surface area (Å²) in [5.41, 5.74) is 2.09. The highest BCUT2D eigenvalue weighted by Gasteiger charge is 2.05. The van der Waals surface area contributed by atoms with Gasteiger partial charge >= 0.3 is 0 Å². The number of phenolic OH excluding ortho intramolecular Hbond substituents is 1. The zero-order chi connectivity index (χ0) is 14.5. The summed E-state index contributed by atoms with van der Waals surface area (Å²) in [5, 5.41) is 12.6. The smallest absolute Gasteiger partial charge is 0.137 e. The highest BCUT2D eigenvalue weighted by Crippen LogP contribution is 2.21. The van der Waals surface area contributed by atoms with E-state index >= 15 is 0 Å². The number of phenols is 1. The van der Waals surface area contributed by atoms with Crippen molar-refractivity contribution in [2.75, 3.05) is 5.32 Å². The van der Waals surface area contributed by atoms with Crippen LogP contribution in [0.1, 0.15) is 18.9 Å². The Morgan fingerprint density at radius 2 is 1.90 bits per heavy atom. The first kappa shape index (κ1) is 14.9. The van der Waals surface area contributed by atoms with Crippen molar-refractivity contribution in [3.05, 3.63) is 58.3 Å². The Labute approximate surface area is 126 Å². The first-order valence-corrected chi connectivity index (χ1v) is 7.33. The fourth-order valence-electron chi connectivity index (χ4n) is 1.99. The third-order valence-electron chi connectivity index (χ3n) is 3.14. The monoisotopic (exact) mass is 337 g/mol. The van der Waals surface area contributed by atoms with Gasteiger partial charge in [-0.1, -0.05) is 12.1 Å². The molecule has 2 aromatic carbocycles. The molecule has 0 amide bonds. The average molecular weight is 338 g/mol. The van der Waals surface area contributed by atoms with Crippen molar-refractivity contribution in [3.63, 3.8) is 0 Å². The van der Waals surface area contributed by atoms with Crippen molar-refractivity contribution in [2.24, 2.45) is 0 Å². The molecule has 2 nitrogen and oxygen atoms in total. The van der Waals surface area contributed by atoms with Crippen LogP contribution in [0.5, 0.6) is 5.75 Å². The summed E-state index contributed by atoms with van der Waals surface area (Å²) in [6, 6.07) is 12.5. The number of anilines is 1. The van der Waals surface area contributed by atoms with E-state index in [1.807, 2.05) is 12.1 Å². The third-order valence-corrected chi connectivity index (χ3v) is 3.74. The quantitative estimate of drug-likeness (QED) is 0.826. The van der Waals surface area contributed by atoms with E-state index in [0.717, 1.165) is 18.5 Å². The Bertz CT molecular complexity index is 571. The maximum atomic E-state index is 13.1. The third kappa shape index (κ3) is 4.23. The molecule has 4 heteroatoms. The lowest BCUT2D eigenvalue weighted by atomic mass is 10.1. The second-order valence-corrected chi connectivity index (χ2v) is 5.73. The van der Waals surface area contributed by atoms with Gasteiger partial charge in [0.1, 0.15) is 11.6 Å². The number of rotatable bonds is 5. The van der Waals surface area contributed by atoms with Crippen LogP contribution in [-0.2, 0) is 6.42 Å². The number of hydrogen-bond donors (Lipinski definition) is 2. The molecule has 2 rings (SSSR count). The van der Waals surface area contributed by atoms with E-state index in [2.05, 4.69) is 28.2 Å². The molecule has 106 valence electrons. The predicted octanol–water partition coefficient (Wildman–Crippen LogP) is 4.73. The molecule has 2 aromatic rings. The Hall–Kier alpha value is -1.55. The Kier molecular flexibility index (Phi) is 5.01. The lowest BCUT2D eigenvalue weighted by molar-refractivity contribution is 0.475. The van der Waals surface area contributed by atoms with Gasteiger partial charge in [0, 0.05) is 11.7 Å². The number of benzene rings is 2. The Morgan fingerprint density at radius 3 is 2.55 bits per heavy atom. The predicted molar refractivity (Wildman–Crippen MR) is 83.6 cm³/mol. The normalized spacial score (nSPS) is 12.2.